The molecule has 0 fully saturated rings. The van der Waals surface area contributed by atoms with Gasteiger partial charge in [-0.05, 0) is 35.7 Å². The van der Waals surface area contributed by atoms with Gasteiger partial charge in [0.1, 0.15) is 17.5 Å². The smallest absolute Gasteiger partial charge is 0.326 e. The van der Waals surface area contributed by atoms with E-state index >= 15 is 0 Å². The number of nitrogens with zero attached hydrogens (tertiary/aromatic N) is 3. The number of aromatic amines is 1. The molecule has 43 heavy (non-hydrogen) atoms. The quantitative estimate of drug-likeness (QED) is 0.142. The third-order valence-electron chi connectivity index (χ3n) is 7.23. The molecule has 0 spiro atoms. The fourth-order valence-electron chi connectivity index (χ4n) is 4.55. The largest absolute Gasteiger partial charge is 0.494 e. The first-order valence-electron chi connectivity index (χ1n) is 14.9. The maximum atomic E-state index is 12.7. The van der Waals surface area contributed by atoms with Crippen molar-refractivity contribution in [3.63, 3.8) is 0 Å². The highest BCUT2D eigenvalue weighted by molar-refractivity contribution is 5.95. The zero-order valence-corrected chi connectivity index (χ0v) is 25.4. The van der Waals surface area contributed by atoms with Crippen LogP contribution in [0.3, 0.4) is 0 Å². The standard InChI is InChI=1S/C34H41N5O4/c1-5-6-7-8-9-18-43-27-16-14-24(15-17-27)26-21-35-31(36-22-26)25-12-10-23(11-13-25)19-29(33(41)42)37-32(40)28-20-30(39-38-28)34(2,3)4/h10-17,20-22,29H,5-9,18-19H2,1-4H3,(H,37,40)(H,38,39)(H,41,42). The number of hydrogen-bond donors (Lipinski definition) is 3. The zero-order chi connectivity index (χ0) is 30.8. The van der Waals surface area contributed by atoms with Crippen molar-refractivity contribution >= 4 is 11.9 Å². The van der Waals surface area contributed by atoms with Gasteiger partial charge in [0.25, 0.3) is 5.91 Å². The van der Waals surface area contributed by atoms with Crippen LogP contribution in [-0.2, 0) is 16.6 Å². The maximum Gasteiger partial charge on any atom is 0.326 e. The number of carbonyl (C=O) groups excluding carboxylic acids is 1. The van der Waals surface area contributed by atoms with E-state index in [9.17, 15) is 14.7 Å². The van der Waals surface area contributed by atoms with Gasteiger partial charge in [-0.2, -0.15) is 5.10 Å². The van der Waals surface area contributed by atoms with Crippen LogP contribution in [-0.4, -0.2) is 49.8 Å². The van der Waals surface area contributed by atoms with Crippen LogP contribution in [0.2, 0.25) is 0 Å². The third-order valence-corrected chi connectivity index (χ3v) is 7.23. The molecule has 9 nitrogen and oxygen atoms in total. The van der Waals surface area contributed by atoms with Gasteiger partial charge in [-0.25, -0.2) is 14.8 Å². The van der Waals surface area contributed by atoms with Crippen molar-refractivity contribution in [2.24, 2.45) is 0 Å². The number of unbranched alkanes of at least 4 members (excludes halogenated alkanes) is 4. The molecule has 2 heterocycles. The Labute approximate surface area is 253 Å². The van der Waals surface area contributed by atoms with E-state index in [0.29, 0.717) is 5.82 Å². The number of nitrogens with one attached hydrogen (secondary N) is 2. The van der Waals surface area contributed by atoms with E-state index in [-0.39, 0.29) is 17.5 Å². The van der Waals surface area contributed by atoms with Crippen molar-refractivity contribution in [1.82, 2.24) is 25.5 Å². The van der Waals surface area contributed by atoms with Gasteiger partial charge in [0.2, 0.25) is 0 Å². The molecule has 2 aromatic heterocycles. The van der Waals surface area contributed by atoms with Crippen molar-refractivity contribution in [3.05, 3.63) is 83.9 Å². The number of benzene rings is 2. The molecule has 3 N–H and O–H groups in total. The van der Waals surface area contributed by atoms with E-state index in [2.05, 4.69) is 32.4 Å². The lowest BCUT2D eigenvalue weighted by molar-refractivity contribution is -0.139. The summed E-state index contributed by atoms with van der Waals surface area (Å²) in [6.07, 6.45) is 9.74. The maximum absolute atomic E-state index is 12.7. The van der Waals surface area contributed by atoms with Crippen LogP contribution in [0.25, 0.3) is 22.5 Å². The number of ether oxygens (including phenoxy) is 1. The van der Waals surface area contributed by atoms with Gasteiger partial charge in [0.05, 0.1) is 6.61 Å². The fraction of sp³-hybridized carbons (Fsp3) is 0.382. The minimum absolute atomic E-state index is 0.121. The van der Waals surface area contributed by atoms with Crippen LogP contribution < -0.4 is 10.1 Å². The number of H-pyrrole nitrogens is 1. The summed E-state index contributed by atoms with van der Waals surface area (Å²) < 4.78 is 5.86. The predicted molar refractivity (Wildman–Crippen MR) is 167 cm³/mol. The molecule has 0 saturated carbocycles. The molecule has 0 aliphatic rings. The third kappa shape index (κ3) is 8.98. The monoisotopic (exact) mass is 583 g/mol. The average molecular weight is 584 g/mol. The first kappa shape index (κ1) is 31.4. The summed E-state index contributed by atoms with van der Waals surface area (Å²) in [6.45, 7) is 8.94. The first-order chi connectivity index (χ1) is 20.6. The number of aromatic nitrogens is 4. The molecule has 4 aromatic rings. The van der Waals surface area contributed by atoms with E-state index in [1.165, 1.54) is 25.7 Å². The number of rotatable bonds is 14. The summed E-state index contributed by atoms with van der Waals surface area (Å²) in [5, 5.41) is 19.2. The fourth-order valence-corrected chi connectivity index (χ4v) is 4.55. The van der Waals surface area contributed by atoms with Gasteiger partial charge in [-0.15, -0.1) is 0 Å². The molecule has 0 saturated heterocycles. The molecule has 1 atom stereocenters. The summed E-state index contributed by atoms with van der Waals surface area (Å²) in [5.41, 5.74) is 4.21. The number of hydrogen-bond acceptors (Lipinski definition) is 6. The van der Waals surface area contributed by atoms with Gasteiger partial charge in [0, 0.05) is 41.1 Å². The Balaban J connectivity index is 1.32. The molecular weight excluding hydrogens is 542 g/mol. The molecule has 0 radical (unpaired) electrons. The van der Waals surface area contributed by atoms with E-state index in [4.69, 9.17) is 4.74 Å². The van der Waals surface area contributed by atoms with Gasteiger partial charge in [-0.1, -0.05) is 89.8 Å². The number of amides is 1. The second-order valence-corrected chi connectivity index (χ2v) is 11.8. The molecule has 0 bridgehead atoms. The highest BCUT2D eigenvalue weighted by Crippen LogP contribution is 2.24. The Morgan fingerprint density at radius 3 is 2.16 bits per heavy atom. The highest BCUT2D eigenvalue weighted by atomic mass is 16.5. The molecule has 0 aliphatic heterocycles. The molecule has 1 unspecified atom stereocenters. The van der Waals surface area contributed by atoms with E-state index in [1.54, 1.807) is 18.5 Å². The van der Waals surface area contributed by atoms with E-state index < -0.39 is 17.9 Å². The Morgan fingerprint density at radius 2 is 1.56 bits per heavy atom. The Morgan fingerprint density at radius 1 is 0.907 bits per heavy atom. The SMILES string of the molecule is CCCCCCCOc1ccc(-c2cnc(-c3ccc(CC(NC(=O)c4cc(C(C)(C)C)[nH]n4)C(=O)O)cc3)nc2)cc1. The van der Waals surface area contributed by atoms with Crippen molar-refractivity contribution < 1.29 is 19.4 Å². The first-order valence-corrected chi connectivity index (χ1v) is 14.9. The van der Waals surface area contributed by atoms with Crippen molar-refractivity contribution in [1.29, 1.82) is 0 Å². The molecule has 1 amide bonds. The van der Waals surface area contributed by atoms with Crippen LogP contribution in [0.15, 0.2) is 67.0 Å². The summed E-state index contributed by atoms with van der Waals surface area (Å²) in [5.74, 6) is -0.235. The normalized spacial score (nSPS) is 12.1. The molecule has 226 valence electrons. The Bertz CT molecular complexity index is 1470. The highest BCUT2D eigenvalue weighted by Gasteiger charge is 2.24. The van der Waals surface area contributed by atoms with Crippen LogP contribution >= 0.6 is 0 Å². The molecule has 4 rings (SSSR count). The van der Waals surface area contributed by atoms with E-state index in [1.807, 2.05) is 69.3 Å². The summed E-state index contributed by atoms with van der Waals surface area (Å²) >= 11 is 0. The average Bonchev–Trinajstić information content (AvgIpc) is 3.51. The molecular formula is C34H41N5O4. The zero-order valence-electron chi connectivity index (χ0n) is 25.4. The van der Waals surface area contributed by atoms with Gasteiger partial charge < -0.3 is 15.2 Å². The minimum Gasteiger partial charge on any atom is -0.494 e. The molecule has 2 aromatic carbocycles. The number of carbonyl (C=O) groups is 2. The predicted octanol–water partition coefficient (Wildman–Crippen LogP) is 6.61. The Kier molecular flexibility index (Phi) is 10.6. The van der Waals surface area contributed by atoms with E-state index in [0.717, 1.165) is 46.7 Å². The lowest BCUT2D eigenvalue weighted by Crippen LogP contribution is -2.42. The minimum atomic E-state index is -1.12. The molecule has 9 heteroatoms. The van der Waals surface area contributed by atoms with Gasteiger partial charge >= 0.3 is 5.97 Å². The lowest BCUT2D eigenvalue weighted by Gasteiger charge is -2.15. The van der Waals surface area contributed by atoms with Gasteiger partial charge in [0.15, 0.2) is 5.82 Å². The van der Waals surface area contributed by atoms with Gasteiger partial charge in [-0.3, -0.25) is 9.89 Å². The second-order valence-electron chi connectivity index (χ2n) is 11.8. The summed E-state index contributed by atoms with van der Waals surface area (Å²) in [7, 11) is 0. The van der Waals surface area contributed by atoms with Crippen molar-refractivity contribution in [2.45, 2.75) is 77.7 Å². The van der Waals surface area contributed by atoms with Crippen LogP contribution in [0.5, 0.6) is 5.75 Å². The number of aliphatic carboxylic acids is 1. The molecule has 0 aliphatic carbocycles. The topological polar surface area (TPSA) is 130 Å². The number of carboxylic acids is 1. The second kappa shape index (κ2) is 14.6. The number of carboxylic acid groups (broad SMARTS) is 1. The van der Waals surface area contributed by atoms with Crippen LogP contribution in [0.4, 0.5) is 0 Å². The lowest BCUT2D eigenvalue weighted by atomic mass is 9.92. The van der Waals surface area contributed by atoms with Crippen molar-refractivity contribution in [3.8, 4) is 28.3 Å². The summed E-state index contributed by atoms with van der Waals surface area (Å²) in [4.78, 5) is 33.7. The van der Waals surface area contributed by atoms with Crippen LogP contribution in [0, 0.1) is 0 Å². The summed E-state index contributed by atoms with van der Waals surface area (Å²) in [6, 6.07) is 15.8. The Hall–Kier alpha value is -4.53. The van der Waals surface area contributed by atoms with Crippen LogP contribution in [0.1, 0.15) is 81.5 Å². The van der Waals surface area contributed by atoms with Crippen molar-refractivity contribution in [2.75, 3.05) is 6.61 Å².